The molecule has 0 aliphatic carbocycles. The lowest BCUT2D eigenvalue weighted by atomic mass is 10.1. The third-order valence-electron chi connectivity index (χ3n) is 2.55. The lowest BCUT2D eigenvalue weighted by molar-refractivity contribution is -0.125. The van der Waals surface area contributed by atoms with E-state index in [1.165, 1.54) is 0 Å². The minimum atomic E-state index is -0.229. The van der Waals surface area contributed by atoms with Gasteiger partial charge in [0.25, 0.3) is 0 Å². The van der Waals surface area contributed by atoms with Crippen LogP contribution < -0.4 is 10.6 Å². The molecule has 0 radical (unpaired) electrons. The van der Waals surface area contributed by atoms with Crippen molar-refractivity contribution >= 4 is 5.91 Å². The van der Waals surface area contributed by atoms with Crippen molar-refractivity contribution in [3.8, 4) is 0 Å². The van der Waals surface area contributed by atoms with Crippen LogP contribution in [0.25, 0.3) is 0 Å². The van der Waals surface area contributed by atoms with Gasteiger partial charge in [-0.1, -0.05) is 30.3 Å². The van der Waals surface area contributed by atoms with Gasteiger partial charge in [0.05, 0.1) is 0 Å². The Morgan fingerprint density at radius 2 is 1.88 bits per heavy atom. The average molecular weight is 235 g/mol. The summed E-state index contributed by atoms with van der Waals surface area (Å²) in [5.74, 6) is 0.0384. The van der Waals surface area contributed by atoms with Crippen LogP contribution in [0.1, 0.15) is 11.6 Å². The third-order valence-corrected chi connectivity index (χ3v) is 2.55. The van der Waals surface area contributed by atoms with Crippen LogP contribution in [-0.4, -0.2) is 45.0 Å². The molecule has 0 bridgehead atoms. The van der Waals surface area contributed by atoms with Gasteiger partial charge in [-0.2, -0.15) is 0 Å². The zero-order valence-electron chi connectivity index (χ0n) is 10.7. The second-order valence-electron chi connectivity index (χ2n) is 4.17. The van der Waals surface area contributed by atoms with E-state index in [1.807, 2.05) is 56.4 Å². The number of carbonyl (C=O) groups excluding carboxylic acids is 1. The van der Waals surface area contributed by atoms with Gasteiger partial charge >= 0.3 is 0 Å². The van der Waals surface area contributed by atoms with E-state index in [2.05, 4.69) is 10.6 Å². The monoisotopic (exact) mass is 235 g/mol. The molecule has 2 N–H and O–H groups in total. The molecule has 4 heteroatoms. The Labute approximate surface area is 103 Å². The molecule has 94 valence electrons. The number of nitrogens with one attached hydrogen (secondary N) is 2. The van der Waals surface area contributed by atoms with Gasteiger partial charge in [-0.3, -0.25) is 9.69 Å². The fraction of sp³-hybridized carbons (Fsp3) is 0.462. The third kappa shape index (κ3) is 4.17. The topological polar surface area (TPSA) is 44.4 Å². The molecule has 0 saturated heterocycles. The highest BCUT2D eigenvalue weighted by Crippen LogP contribution is 2.17. The Kier molecular flexibility index (Phi) is 5.66. The summed E-state index contributed by atoms with van der Waals surface area (Å²) in [4.78, 5) is 14.0. The largest absolute Gasteiger partial charge is 0.353 e. The zero-order chi connectivity index (χ0) is 12.7. The number of hydrogen-bond donors (Lipinski definition) is 2. The molecule has 0 saturated carbocycles. The van der Waals surface area contributed by atoms with Crippen LogP contribution in [0.2, 0.25) is 0 Å². The van der Waals surface area contributed by atoms with Crippen molar-refractivity contribution in [2.24, 2.45) is 0 Å². The molecule has 1 aromatic carbocycles. The Hall–Kier alpha value is -1.39. The quantitative estimate of drug-likeness (QED) is 0.711. The average Bonchev–Trinajstić information content (AvgIpc) is 2.30. The van der Waals surface area contributed by atoms with Crippen molar-refractivity contribution in [3.63, 3.8) is 0 Å². The summed E-state index contributed by atoms with van der Waals surface area (Å²) >= 11 is 0. The number of hydrogen-bond acceptors (Lipinski definition) is 3. The van der Waals surface area contributed by atoms with Crippen LogP contribution in [0.15, 0.2) is 30.3 Å². The van der Waals surface area contributed by atoms with E-state index in [1.54, 1.807) is 0 Å². The predicted octanol–water partition coefficient (Wildman–Crippen LogP) is 0.625. The Balaban J connectivity index is 2.70. The first-order valence-corrected chi connectivity index (χ1v) is 5.80. The van der Waals surface area contributed by atoms with E-state index in [4.69, 9.17) is 0 Å². The molecule has 0 aromatic heterocycles. The van der Waals surface area contributed by atoms with Crippen LogP contribution >= 0.6 is 0 Å². The highest BCUT2D eigenvalue weighted by molar-refractivity contribution is 5.83. The van der Waals surface area contributed by atoms with Crippen molar-refractivity contribution in [2.75, 3.05) is 34.2 Å². The maximum absolute atomic E-state index is 12.1. The second kappa shape index (κ2) is 7.04. The first kappa shape index (κ1) is 13.7. The summed E-state index contributed by atoms with van der Waals surface area (Å²) in [6.07, 6.45) is 0. The summed E-state index contributed by atoms with van der Waals surface area (Å²) in [6.45, 7) is 1.42. The molecule has 1 amide bonds. The van der Waals surface area contributed by atoms with Crippen LogP contribution in [-0.2, 0) is 4.79 Å². The van der Waals surface area contributed by atoms with E-state index in [0.29, 0.717) is 6.54 Å². The SMILES string of the molecule is CNCCNC(=O)C(c1ccccc1)N(C)C. The molecule has 1 rings (SSSR count). The first-order valence-electron chi connectivity index (χ1n) is 5.80. The summed E-state index contributed by atoms with van der Waals surface area (Å²) in [6, 6.07) is 9.58. The van der Waals surface area contributed by atoms with E-state index < -0.39 is 0 Å². The van der Waals surface area contributed by atoms with E-state index >= 15 is 0 Å². The molecular weight excluding hydrogens is 214 g/mol. The highest BCUT2D eigenvalue weighted by Gasteiger charge is 2.21. The smallest absolute Gasteiger partial charge is 0.241 e. The number of nitrogens with zero attached hydrogens (tertiary/aromatic N) is 1. The van der Waals surface area contributed by atoms with Crippen molar-refractivity contribution in [3.05, 3.63) is 35.9 Å². The molecule has 4 nitrogen and oxygen atoms in total. The molecule has 0 heterocycles. The van der Waals surface area contributed by atoms with Crippen molar-refractivity contribution in [2.45, 2.75) is 6.04 Å². The summed E-state index contributed by atoms with van der Waals surface area (Å²) in [7, 11) is 5.69. The summed E-state index contributed by atoms with van der Waals surface area (Å²) in [5, 5.41) is 5.92. The maximum atomic E-state index is 12.1. The van der Waals surface area contributed by atoms with Gasteiger partial charge in [-0.15, -0.1) is 0 Å². The van der Waals surface area contributed by atoms with Gasteiger partial charge < -0.3 is 10.6 Å². The number of amides is 1. The van der Waals surface area contributed by atoms with Crippen LogP contribution in [0.5, 0.6) is 0 Å². The lowest BCUT2D eigenvalue weighted by Crippen LogP contribution is -2.39. The molecule has 0 fully saturated rings. The molecule has 17 heavy (non-hydrogen) atoms. The van der Waals surface area contributed by atoms with Crippen LogP contribution in [0.4, 0.5) is 0 Å². The number of carbonyl (C=O) groups is 1. The normalized spacial score (nSPS) is 12.5. The summed E-state index contributed by atoms with van der Waals surface area (Å²) < 4.78 is 0. The number of benzene rings is 1. The Bertz CT molecular complexity index is 338. The van der Waals surface area contributed by atoms with Gasteiger partial charge in [0.2, 0.25) is 5.91 Å². The molecule has 0 spiro atoms. The molecule has 1 atom stereocenters. The fourth-order valence-corrected chi connectivity index (χ4v) is 1.73. The molecule has 1 aromatic rings. The van der Waals surface area contributed by atoms with E-state index in [9.17, 15) is 4.79 Å². The first-order chi connectivity index (χ1) is 8.16. The van der Waals surface area contributed by atoms with Crippen molar-refractivity contribution < 1.29 is 4.79 Å². The van der Waals surface area contributed by atoms with E-state index in [0.717, 1.165) is 12.1 Å². The van der Waals surface area contributed by atoms with Gasteiger partial charge in [0, 0.05) is 13.1 Å². The van der Waals surface area contributed by atoms with E-state index in [-0.39, 0.29) is 11.9 Å². The Morgan fingerprint density at radius 1 is 1.24 bits per heavy atom. The van der Waals surface area contributed by atoms with Gasteiger partial charge in [-0.25, -0.2) is 0 Å². The minimum Gasteiger partial charge on any atom is -0.353 e. The zero-order valence-corrected chi connectivity index (χ0v) is 10.7. The van der Waals surface area contributed by atoms with Gasteiger partial charge in [0.15, 0.2) is 0 Å². The molecule has 1 unspecified atom stereocenters. The van der Waals surface area contributed by atoms with Gasteiger partial charge in [-0.05, 0) is 26.7 Å². The fourth-order valence-electron chi connectivity index (χ4n) is 1.73. The maximum Gasteiger partial charge on any atom is 0.241 e. The van der Waals surface area contributed by atoms with Crippen molar-refractivity contribution in [1.82, 2.24) is 15.5 Å². The molecule has 0 aliphatic rings. The molecular formula is C13H21N3O. The Morgan fingerprint density at radius 3 is 2.41 bits per heavy atom. The van der Waals surface area contributed by atoms with Crippen LogP contribution in [0, 0.1) is 0 Å². The number of likely N-dealkylation sites (N-methyl/N-ethyl adjacent to an activating group) is 2. The minimum absolute atomic E-state index is 0.0384. The predicted molar refractivity (Wildman–Crippen MR) is 69.8 cm³/mol. The number of rotatable bonds is 6. The van der Waals surface area contributed by atoms with Crippen molar-refractivity contribution in [1.29, 1.82) is 0 Å². The summed E-state index contributed by atoms with van der Waals surface area (Å²) in [5.41, 5.74) is 1.01. The lowest BCUT2D eigenvalue weighted by Gasteiger charge is -2.23. The van der Waals surface area contributed by atoms with Crippen LogP contribution in [0.3, 0.4) is 0 Å². The second-order valence-corrected chi connectivity index (χ2v) is 4.17. The highest BCUT2D eigenvalue weighted by atomic mass is 16.2. The van der Waals surface area contributed by atoms with Gasteiger partial charge in [0.1, 0.15) is 6.04 Å². The standard InChI is InChI=1S/C13H21N3O/c1-14-9-10-15-13(17)12(16(2)3)11-7-5-4-6-8-11/h4-8,12,14H,9-10H2,1-3H3,(H,15,17). The molecule has 0 aliphatic heterocycles.